The van der Waals surface area contributed by atoms with Crippen molar-refractivity contribution in [2.75, 3.05) is 0 Å². The lowest BCUT2D eigenvalue weighted by Crippen LogP contribution is -2.49. The molecule has 1 saturated heterocycles. The first-order valence-corrected chi connectivity index (χ1v) is 8.64. The Kier molecular flexibility index (Phi) is 4.27. The van der Waals surface area contributed by atoms with Crippen molar-refractivity contribution in [1.82, 2.24) is 15.2 Å². The van der Waals surface area contributed by atoms with Gasteiger partial charge in [0, 0.05) is 6.20 Å². The standard InChI is InChI=1S/C21H16FN3O3/c22-17-7-4-12-25(18(17)26)13-21(19(27)23-20(28)24-21)16-10-8-15(9-11-16)14-5-2-1-3-6-14/h1-12H,13H2,(H2,23,24,27,28). The van der Waals surface area contributed by atoms with Crippen molar-refractivity contribution >= 4 is 11.9 Å². The third kappa shape index (κ3) is 2.96. The fourth-order valence-corrected chi connectivity index (χ4v) is 3.36. The summed E-state index contributed by atoms with van der Waals surface area (Å²) < 4.78 is 14.7. The van der Waals surface area contributed by atoms with Gasteiger partial charge in [-0.2, -0.15) is 0 Å². The maximum Gasteiger partial charge on any atom is 0.322 e. The molecule has 1 aromatic heterocycles. The van der Waals surface area contributed by atoms with E-state index in [0.717, 1.165) is 21.8 Å². The van der Waals surface area contributed by atoms with Crippen LogP contribution in [0.5, 0.6) is 0 Å². The molecule has 1 atom stereocenters. The molecule has 2 heterocycles. The average Bonchev–Trinajstić information content (AvgIpc) is 3.00. The van der Waals surface area contributed by atoms with Gasteiger partial charge in [0.15, 0.2) is 11.4 Å². The zero-order valence-electron chi connectivity index (χ0n) is 14.7. The van der Waals surface area contributed by atoms with Crippen LogP contribution in [0.25, 0.3) is 11.1 Å². The summed E-state index contributed by atoms with van der Waals surface area (Å²) >= 11 is 0. The van der Waals surface area contributed by atoms with Crippen molar-refractivity contribution in [3.8, 4) is 11.1 Å². The van der Waals surface area contributed by atoms with Gasteiger partial charge in [0.05, 0.1) is 6.54 Å². The predicted octanol–water partition coefficient (Wildman–Crippen LogP) is 2.39. The van der Waals surface area contributed by atoms with E-state index >= 15 is 0 Å². The monoisotopic (exact) mass is 377 g/mol. The number of rotatable bonds is 4. The highest BCUT2D eigenvalue weighted by Crippen LogP contribution is 2.29. The summed E-state index contributed by atoms with van der Waals surface area (Å²) in [7, 11) is 0. The van der Waals surface area contributed by atoms with Crippen molar-refractivity contribution in [2.45, 2.75) is 12.1 Å². The van der Waals surface area contributed by atoms with Crippen molar-refractivity contribution in [3.63, 3.8) is 0 Å². The lowest BCUT2D eigenvalue weighted by atomic mass is 9.88. The highest BCUT2D eigenvalue weighted by atomic mass is 19.1. The number of halogens is 1. The topological polar surface area (TPSA) is 80.2 Å². The van der Waals surface area contributed by atoms with Crippen molar-refractivity contribution in [3.05, 3.63) is 94.7 Å². The van der Waals surface area contributed by atoms with Gasteiger partial charge in [-0.25, -0.2) is 9.18 Å². The van der Waals surface area contributed by atoms with Gasteiger partial charge in [-0.1, -0.05) is 54.6 Å². The van der Waals surface area contributed by atoms with Gasteiger partial charge in [-0.15, -0.1) is 0 Å². The number of urea groups is 1. The van der Waals surface area contributed by atoms with Crippen molar-refractivity contribution in [1.29, 1.82) is 0 Å². The lowest BCUT2D eigenvalue weighted by Gasteiger charge is -2.27. The van der Waals surface area contributed by atoms with E-state index in [4.69, 9.17) is 0 Å². The Labute approximate surface area is 159 Å². The molecule has 1 aliphatic heterocycles. The first-order chi connectivity index (χ1) is 13.5. The van der Waals surface area contributed by atoms with Gasteiger partial charge in [0.25, 0.3) is 11.5 Å². The number of aromatic nitrogens is 1. The Morgan fingerprint density at radius 2 is 1.54 bits per heavy atom. The van der Waals surface area contributed by atoms with Gasteiger partial charge < -0.3 is 9.88 Å². The van der Waals surface area contributed by atoms with Gasteiger partial charge >= 0.3 is 6.03 Å². The van der Waals surface area contributed by atoms with E-state index in [-0.39, 0.29) is 6.54 Å². The van der Waals surface area contributed by atoms with Crippen LogP contribution < -0.4 is 16.2 Å². The van der Waals surface area contributed by atoms with Gasteiger partial charge in [0.1, 0.15) is 0 Å². The van der Waals surface area contributed by atoms with Crippen LogP contribution in [-0.2, 0) is 16.9 Å². The summed E-state index contributed by atoms with van der Waals surface area (Å²) in [5.74, 6) is -1.53. The smallest absolute Gasteiger partial charge is 0.318 e. The molecule has 1 fully saturated rings. The summed E-state index contributed by atoms with van der Waals surface area (Å²) in [5, 5.41) is 4.81. The number of hydrogen-bond acceptors (Lipinski definition) is 3. The number of nitrogens with one attached hydrogen (secondary N) is 2. The third-order valence-corrected chi connectivity index (χ3v) is 4.81. The predicted molar refractivity (Wildman–Crippen MR) is 101 cm³/mol. The minimum absolute atomic E-state index is 0.230. The molecule has 28 heavy (non-hydrogen) atoms. The van der Waals surface area contributed by atoms with E-state index in [1.165, 1.54) is 12.3 Å². The Bertz CT molecular complexity index is 1110. The number of pyridine rings is 1. The molecule has 3 aromatic rings. The highest BCUT2D eigenvalue weighted by molar-refractivity contribution is 6.07. The van der Waals surface area contributed by atoms with E-state index in [0.29, 0.717) is 5.56 Å². The molecule has 1 unspecified atom stereocenters. The van der Waals surface area contributed by atoms with Crippen LogP contribution in [0.2, 0.25) is 0 Å². The number of imide groups is 1. The zero-order chi connectivity index (χ0) is 19.7. The molecule has 7 heteroatoms. The molecule has 2 aromatic carbocycles. The summed E-state index contributed by atoms with van der Waals surface area (Å²) in [6.45, 7) is -0.230. The molecule has 0 saturated carbocycles. The molecule has 2 N–H and O–H groups in total. The minimum atomic E-state index is -1.51. The third-order valence-electron chi connectivity index (χ3n) is 4.81. The number of hydrogen-bond donors (Lipinski definition) is 2. The Morgan fingerprint density at radius 1 is 0.857 bits per heavy atom. The van der Waals surface area contributed by atoms with Crippen LogP contribution in [0.4, 0.5) is 9.18 Å². The largest absolute Gasteiger partial charge is 0.322 e. The maximum atomic E-state index is 13.7. The fraction of sp³-hybridized carbons (Fsp3) is 0.0952. The molecule has 6 nitrogen and oxygen atoms in total. The van der Waals surface area contributed by atoms with Crippen molar-refractivity contribution in [2.24, 2.45) is 0 Å². The van der Waals surface area contributed by atoms with Crippen LogP contribution >= 0.6 is 0 Å². The minimum Gasteiger partial charge on any atom is -0.318 e. The molecule has 4 rings (SSSR count). The zero-order valence-corrected chi connectivity index (χ0v) is 14.7. The van der Waals surface area contributed by atoms with Crippen LogP contribution in [0.15, 0.2) is 77.7 Å². The molecule has 0 bridgehead atoms. The number of nitrogens with zero attached hydrogens (tertiary/aromatic N) is 1. The van der Waals surface area contributed by atoms with Gasteiger partial charge in [0.2, 0.25) is 0 Å². The van der Waals surface area contributed by atoms with E-state index < -0.39 is 28.9 Å². The summed E-state index contributed by atoms with van der Waals surface area (Å²) in [6, 6.07) is 18.5. The molecule has 0 spiro atoms. The lowest BCUT2D eigenvalue weighted by molar-refractivity contribution is -0.124. The SMILES string of the molecule is O=C1NC(=O)C(Cn2cccc(F)c2=O)(c2ccc(-c3ccccc3)cc2)N1. The van der Waals surface area contributed by atoms with Crippen molar-refractivity contribution < 1.29 is 14.0 Å². The highest BCUT2D eigenvalue weighted by Gasteiger charge is 2.48. The summed E-state index contributed by atoms with van der Waals surface area (Å²) in [6.07, 6.45) is 1.38. The number of amides is 3. The van der Waals surface area contributed by atoms with Crippen LogP contribution in [-0.4, -0.2) is 16.5 Å². The van der Waals surface area contributed by atoms with Crippen LogP contribution in [0.3, 0.4) is 0 Å². The van der Waals surface area contributed by atoms with Crippen LogP contribution in [0, 0.1) is 5.82 Å². The molecule has 140 valence electrons. The first kappa shape index (κ1) is 17.7. The maximum absolute atomic E-state index is 13.7. The second-order valence-corrected chi connectivity index (χ2v) is 6.55. The summed E-state index contributed by atoms with van der Waals surface area (Å²) in [5.41, 5.74) is 0.0594. The summed E-state index contributed by atoms with van der Waals surface area (Å²) in [4.78, 5) is 36.6. The number of carbonyl (C=O) groups excluding carboxylic acids is 2. The average molecular weight is 377 g/mol. The number of benzene rings is 2. The normalized spacial score (nSPS) is 18.6. The van der Waals surface area contributed by atoms with E-state index in [2.05, 4.69) is 10.6 Å². The molecule has 3 amide bonds. The van der Waals surface area contributed by atoms with Crippen LogP contribution in [0.1, 0.15) is 5.56 Å². The Balaban J connectivity index is 1.77. The first-order valence-electron chi connectivity index (χ1n) is 8.64. The molecular formula is C21H16FN3O3. The molecule has 0 radical (unpaired) electrons. The Hall–Kier alpha value is -3.74. The van der Waals surface area contributed by atoms with E-state index in [1.54, 1.807) is 12.1 Å². The molecular weight excluding hydrogens is 361 g/mol. The van der Waals surface area contributed by atoms with Gasteiger partial charge in [-0.3, -0.25) is 14.9 Å². The van der Waals surface area contributed by atoms with E-state index in [9.17, 15) is 18.8 Å². The fourth-order valence-electron chi connectivity index (χ4n) is 3.36. The Morgan fingerprint density at radius 3 is 2.18 bits per heavy atom. The second kappa shape index (κ2) is 6.77. The molecule has 1 aliphatic rings. The quantitative estimate of drug-likeness (QED) is 0.685. The van der Waals surface area contributed by atoms with Gasteiger partial charge in [-0.05, 0) is 28.8 Å². The van der Waals surface area contributed by atoms with E-state index in [1.807, 2.05) is 42.5 Å². The second-order valence-electron chi connectivity index (χ2n) is 6.55. The molecule has 0 aliphatic carbocycles. The number of carbonyl (C=O) groups is 2.